The maximum atomic E-state index is 13.5. The van der Waals surface area contributed by atoms with E-state index in [4.69, 9.17) is 0 Å². The molecule has 0 atom stereocenters. The van der Waals surface area contributed by atoms with Crippen LogP contribution in [0.5, 0.6) is 0 Å². The summed E-state index contributed by atoms with van der Waals surface area (Å²) in [5.41, 5.74) is 3.47. The minimum Gasteiger partial charge on any atom is -0.326 e. The molecule has 0 unspecified atom stereocenters. The van der Waals surface area contributed by atoms with Gasteiger partial charge in [-0.15, -0.1) is 0 Å². The lowest BCUT2D eigenvalue weighted by Gasteiger charge is -2.15. The SMILES string of the molecule is CC(=O)Nc1ccccc1-c1nc2ccccc2n(CC(=O)Nc2ccccc2C)c1=O. The zero-order chi connectivity index (χ0) is 22.7. The van der Waals surface area contributed by atoms with E-state index in [0.29, 0.717) is 28.0 Å². The molecule has 0 radical (unpaired) electrons. The number of benzene rings is 3. The summed E-state index contributed by atoms with van der Waals surface area (Å²) in [6, 6.07) is 21.6. The highest BCUT2D eigenvalue weighted by Gasteiger charge is 2.18. The van der Waals surface area contributed by atoms with Gasteiger partial charge < -0.3 is 10.6 Å². The van der Waals surface area contributed by atoms with Crippen LogP contribution in [0.4, 0.5) is 11.4 Å². The van der Waals surface area contributed by atoms with E-state index < -0.39 is 5.56 Å². The molecule has 0 aliphatic carbocycles. The molecule has 7 nitrogen and oxygen atoms in total. The maximum absolute atomic E-state index is 13.5. The molecule has 160 valence electrons. The van der Waals surface area contributed by atoms with Crippen molar-refractivity contribution in [2.75, 3.05) is 10.6 Å². The first-order valence-electron chi connectivity index (χ1n) is 10.2. The Labute approximate surface area is 184 Å². The van der Waals surface area contributed by atoms with Crippen LogP contribution in [0.15, 0.2) is 77.6 Å². The highest BCUT2D eigenvalue weighted by molar-refractivity contribution is 5.95. The zero-order valence-corrected chi connectivity index (χ0v) is 17.8. The molecule has 3 aromatic carbocycles. The summed E-state index contributed by atoms with van der Waals surface area (Å²) in [6.45, 7) is 3.13. The van der Waals surface area contributed by atoms with Gasteiger partial charge in [0.25, 0.3) is 5.56 Å². The predicted molar refractivity (Wildman–Crippen MR) is 126 cm³/mol. The summed E-state index contributed by atoms with van der Waals surface area (Å²) in [4.78, 5) is 42.5. The lowest BCUT2D eigenvalue weighted by Crippen LogP contribution is -2.30. The fourth-order valence-corrected chi connectivity index (χ4v) is 3.56. The van der Waals surface area contributed by atoms with Gasteiger partial charge in [0.2, 0.25) is 11.8 Å². The second-order valence-corrected chi connectivity index (χ2v) is 7.43. The van der Waals surface area contributed by atoms with Crippen LogP contribution in [0.25, 0.3) is 22.3 Å². The number of amides is 2. The highest BCUT2D eigenvalue weighted by Crippen LogP contribution is 2.25. The quantitative estimate of drug-likeness (QED) is 0.505. The second kappa shape index (κ2) is 8.85. The Bertz CT molecular complexity index is 1390. The van der Waals surface area contributed by atoms with Crippen molar-refractivity contribution in [3.05, 3.63) is 88.7 Å². The minimum atomic E-state index is -0.415. The Morgan fingerprint density at radius 3 is 2.28 bits per heavy atom. The van der Waals surface area contributed by atoms with Gasteiger partial charge in [-0.1, -0.05) is 48.5 Å². The van der Waals surface area contributed by atoms with Gasteiger partial charge in [0.05, 0.1) is 16.7 Å². The van der Waals surface area contributed by atoms with Crippen molar-refractivity contribution in [3.63, 3.8) is 0 Å². The number of nitrogens with zero attached hydrogens (tertiary/aromatic N) is 2. The molecule has 0 spiro atoms. The number of nitrogens with one attached hydrogen (secondary N) is 2. The first-order valence-corrected chi connectivity index (χ1v) is 10.2. The van der Waals surface area contributed by atoms with Gasteiger partial charge in [-0.2, -0.15) is 0 Å². The van der Waals surface area contributed by atoms with Crippen LogP contribution in [-0.4, -0.2) is 21.4 Å². The van der Waals surface area contributed by atoms with E-state index >= 15 is 0 Å². The van der Waals surface area contributed by atoms with Gasteiger partial charge in [-0.3, -0.25) is 19.0 Å². The summed E-state index contributed by atoms with van der Waals surface area (Å²) in [5.74, 6) is -0.574. The average molecular weight is 426 g/mol. The Kier molecular flexibility index (Phi) is 5.81. The van der Waals surface area contributed by atoms with Crippen LogP contribution >= 0.6 is 0 Å². The third kappa shape index (κ3) is 4.27. The molecule has 2 N–H and O–H groups in total. The normalized spacial score (nSPS) is 10.7. The largest absolute Gasteiger partial charge is 0.326 e. The molecule has 0 aliphatic rings. The standard InChI is InChI=1S/C25H22N4O3/c1-16-9-3-5-11-19(16)27-23(31)15-29-22-14-8-7-13-21(22)28-24(25(29)32)18-10-4-6-12-20(18)26-17(2)30/h3-14H,15H2,1-2H3,(H,26,30)(H,27,31). The van der Waals surface area contributed by atoms with Gasteiger partial charge in [-0.25, -0.2) is 4.98 Å². The van der Waals surface area contributed by atoms with E-state index in [1.807, 2.05) is 37.3 Å². The van der Waals surface area contributed by atoms with Crippen LogP contribution in [0.3, 0.4) is 0 Å². The topological polar surface area (TPSA) is 93.1 Å². The summed E-state index contributed by atoms with van der Waals surface area (Å²) in [5, 5.41) is 5.61. The van der Waals surface area contributed by atoms with Crippen molar-refractivity contribution in [1.82, 2.24) is 9.55 Å². The average Bonchev–Trinajstić information content (AvgIpc) is 2.77. The number of hydrogen-bond acceptors (Lipinski definition) is 4. The third-order valence-electron chi connectivity index (χ3n) is 5.07. The fourth-order valence-electron chi connectivity index (χ4n) is 3.56. The Morgan fingerprint density at radius 2 is 1.53 bits per heavy atom. The van der Waals surface area contributed by atoms with E-state index in [0.717, 1.165) is 5.56 Å². The molecule has 0 saturated carbocycles. The number of carbonyl (C=O) groups is 2. The Hall–Kier alpha value is -4.26. The van der Waals surface area contributed by atoms with Crippen molar-refractivity contribution < 1.29 is 9.59 Å². The maximum Gasteiger partial charge on any atom is 0.278 e. The van der Waals surface area contributed by atoms with Gasteiger partial charge in [-0.05, 0) is 36.8 Å². The van der Waals surface area contributed by atoms with Crippen molar-refractivity contribution >= 4 is 34.2 Å². The minimum absolute atomic E-state index is 0.164. The van der Waals surface area contributed by atoms with Crippen molar-refractivity contribution in [2.45, 2.75) is 20.4 Å². The molecule has 1 heterocycles. The van der Waals surface area contributed by atoms with Crippen molar-refractivity contribution in [2.24, 2.45) is 0 Å². The smallest absolute Gasteiger partial charge is 0.278 e. The molecule has 0 bridgehead atoms. The summed E-state index contributed by atoms with van der Waals surface area (Å²) >= 11 is 0. The number of rotatable bonds is 5. The number of aryl methyl sites for hydroxylation is 1. The zero-order valence-electron chi connectivity index (χ0n) is 17.8. The summed E-state index contributed by atoms with van der Waals surface area (Å²) in [6.07, 6.45) is 0. The van der Waals surface area contributed by atoms with E-state index in [2.05, 4.69) is 15.6 Å². The van der Waals surface area contributed by atoms with Gasteiger partial charge >= 0.3 is 0 Å². The Balaban J connectivity index is 1.81. The molecule has 4 rings (SSSR count). The molecular weight excluding hydrogens is 404 g/mol. The number of aromatic nitrogens is 2. The second-order valence-electron chi connectivity index (χ2n) is 7.43. The van der Waals surface area contributed by atoms with Gasteiger partial charge in [0.15, 0.2) is 0 Å². The molecular formula is C25H22N4O3. The summed E-state index contributed by atoms with van der Waals surface area (Å²) in [7, 11) is 0. The summed E-state index contributed by atoms with van der Waals surface area (Å²) < 4.78 is 1.41. The molecule has 2 amide bonds. The van der Waals surface area contributed by atoms with Crippen molar-refractivity contribution in [3.8, 4) is 11.3 Å². The lowest BCUT2D eigenvalue weighted by molar-refractivity contribution is -0.117. The lowest BCUT2D eigenvalue weighted by atomic mass is 10.1. The van der Waals surface area contributed by atoms with Crippen LogP contribution in [0, 0.1) is 6.92 Å². The van der Waals surface area contributed by atoms with Gasteiger partial charge in [0, 0.05) is 18.2 Å². The third-order valence-corrected chi connectivity index (χ3v) is 5.07. The number of fused-ring (bicyclic) bond motifs is 1. The monoisotopic (exact) mass is 426 g/mol. The van der Waals surface area contributed by atoms with E-state index in [1.54, 1.807) is 42.5 Å². The van der Waals surface area contributed by atoms with E-state index in [-0.39, 0.29) is 24.1 Å². The molecule has 7 heteroatoms. The van der Waals surface area contributed by atoms with Crippen LogP contribution in [0.1, 0.15) is 12.5 Å². The number of anilines is 2. The van der Waals surface area contributed by atoms with E-state index in [1.165, 1.54) is 11.5 Å². The molecule has 4 aromatic rings. The first kappa shape index (κ1) is 21.0. The number of hydrogen-bond donors (Lipinski definition) is 2. The van der Waals surface area contributed by atoms with Crippen LogP contribution in [0.2, 0.25) is 0 Å². The predicted octanol–water partition coefficient (Wildman–Crippen LogP) is 3.97. The molecule has 0 aliphatic heterocycles. The fraction of sp³-hybridized carbons (Fsp3) is 0.120. The van der Waals surface area contributed by atoms with Crippen LogP contribution in [-0.2, 0) is 16.1 Å². The molecule has 1 aromatic heterocycles. The number of carbonyl (C=O) groups excluding carboxylic acids is 2. The van der Waals surface area contributed by atoms with Gasteiger partial charge in [0.1, 0.15) is 12.2 Å². The molecule has 32 heavy (non-hydrogen) atoms. The van der Waals surface area contributed by atoms with Crippen molar-refractivity contribution in [1.29, 1.82) is 0 Å². The Morgan fingerprint density at radius 1 is 0.875 bits per heavy atom. The van der Waals surface area contributed by atoms with Crippen LogP contribution < -0.4 is 16.2 Å². The molecule has 0 fully saturated rings. The first-order chi connectivity index (χ1) is 15.4. The highest BCUT2D eigenvalue weighted by atomic mass is 16.2. The van der Waals surface area contributed by atoms with E-state index in [9.17, 15) is 14.4 Å². The number of para-hydroxylation sites is 4. The molecule has 0 saturated heterocycles.